The van der Waals surface area contributed by atoms with E-state index >= 15 is 0 Å². The van der Waals surface area contributed by atoms with Crippen LogP contribution in [0.25, 0.3) is 16.9 Å². The molecule has 0 N–H and O–H groups in total. The lowest BCUT2D eigenvalue weighted by molar-refractivity contribution is 0.0598. The van der Waals surface area contributed by atoms with Crippen LogP contribution in [0.4, 0.5) is 4.39 Å². The highest BCUT2D eigenvalue weighted by Crippen LogP contribution is 2.27. The maximum Gasteiger partial charge on any atom is 0.343 e. The molecule has 0 unspecified atom stereocenters. The van der Waals surface area contributed by atoms with E-state index in [1.165, 1.54) is 24.3 Å². The number of carbonyl (C=O) groups excluding carboxylic acids is 1. The van der Waals surface area contributed by atoms with E-state index in [1.807, 2.05) is 0 Å². The molecule has 5 nitrogen and oxygen atoms in total. The van der Waals surface area contributed by atoms with E-state index in [0.717, 1.165) is 17.9 Å². The second-order valence-electron chi connectivity index (χ2n) is 5.26. The molecule has 0 spiro atoms. The number of aromatic nitrogens is 2. The van der Waals surface area contributed by atoms with Crippen molar-refractivity contribution in [3.63, 3.8) is 0 Å². The average Bonchev–Trinajstić information content (AvgIpc) is 2.63. The van der Waals surface area contributed by atoms with Gasteiger partial charge in [0.05, 0.1) is 28.5 Å². The van der Waals surface area contributed by atoms with Crippen molar-refractivity contribution in [1.29, 1.82) is 0 Å². The van der Waals surface area contributed by atoms with Gasteiger partial charge in [-0.1, -0.05) is 35.3 Å². The minimum atomic E-state index is -0.830. The van der Waals surface area contributed by atoms with E-state index in [9.17, 15) is 14.0 Å². The van der Waals surface area contributed by atoms with Crippen LogP contribution in [-0.2, 0) is 4.74 Å². The molecular weight excluding hydrogens is 382 g/mol. The first-order valence-electron chi connectivity index (χ1n) is 7.35. The van der Waals surface area contributed by atoms with Crippen LogP contribution in [0, 0.1) is 5.82 Å². The van der Waals surface area contributed by atoms with E-state index < -0.39 is 17.3 Å². The molecule has 0 aliphatic rings. The van der Waals surface area contributed by atoms with Crippen LogP contribution < -0.4 is 5.56 Å². The number of esters is 1. The van der Waals surface area contributed by atoms with E-state index in [2.05, 4.69) is 9.84 Å². The summed E-state index contributed by atoms with van der Waals surface area (Å²) < 4.78 is 19.2. The molecule has 0 aliphatic heterocycles. The van der Waals surface area contributed by atoms with Crippen molar-refractivity contribution < 1.29 is 13.9 Å². The SMILES string of the molecule is COC(=O)c1cc(-c2ccc(Cl)c(Cl)c2)nn(-c2cccc(F)c2)c1=O. The van der Waals surface area contributed by atoms with Crippen LogP contribution in [-0.4, -0.2) is 22.9 Å². The Kier molecular flexibility index (Phi) is 5.06. The number of ether oxygens (including phenoxy) is 1. The minimum Gasteiger partial charge on any atom is -0.465 e. The standard InChI is InChI=1S/C18H11Cl2FN2O3/c1-26-18(25)13-9-16(10-5-6-14(19)15(20)7-10)22-23(17(13)24)12-4-2-3-11(21)8-12/h2-9H,1H3. The highest BCUT2D eigenvalue weighted by molar-refractivity contribution is 6.42. The van der Waals surface area contributed by atoms with Crippen LogP contribution >= 0.6 is 23.2 Å². The molecule has 0 radical (unpaired) electrons. The van der Waals surface area contributed by atoms with E-state index in [-0.39, 0.29) is 22.0 Å². The average molecular weight is 393 g/mol. The second-order valence-corrected chi connectivity index (χ2v) is 6.07. The predicted octanol–water partition coefficient (Wildman–Crippen LogP) is 4.13. The molecule has 0 atom stereocenters. The molecule has 0 saturated carbocycles. The highest BCUT2D eigenvalue weighted by atomic mass is 35.5. The fourth-order valence-corrected chi connectivity index (χ4v) is 2.63. The lowest BCUT2D eigenvalue weighted by Gasteiger charge is -2.10. The number of hydrogen-bond donors (Lipinski definition) is 0. The topological polar surface area (TPSA) is 61.2 Å². The number of carbonyl (C=O) groups is 1. The van der Waals surface area contributed by atoms with Gasteiger partial charge in [0.1, 0.15) is 11.4 Å². The Balaban J connectivity index is 2.29. The third kappa shape index (κ3) is 3.47. The quantitative estimate of drug-likeness (QED) is 0.628. The first kappa shape index (κ1) is 18.1. The van der Waals surface area contributed by atoms with Crippen molar-refractivity contribution >= 4 is 29.2 Å². The molecule has 0 aliphatic carbocycles. The van der Waals surface area contributed by atoms with E-state index in [4.69, 9.17) is 23.2 Å². The molecule has 26 heavy (non-hydrogen) atoms. The Morgan fingerprint density at radius 1 is 1.12 bits per heavy atom. The Hall–Kier alpha value is -2.70. The largest absolute Gasteiger partial charge is 0.465 e. The smallest absolute Gasteiger partial charge is 0.343 e. The monoisotopic (exact) mass is 392 g/mol. The third-order valence-electron chi connectivity index (χ3n) is 3.59. The number of nitrogens with zero attached hydrogens (tertiary/aromatic N) is 2. The molecule has 3 rings (SSSR count). The summed E-state index contributed by atoms with van der Waals surface area (Å²) in [6.07, 6.45) is 0. The maximum absolute atomic E-state index is 13.6. The number of rotatable bonds is 3. The lowest BCUT2D eigenvalue weighted by atomic mass is 10.1. The van der Waals surface area contributed by atoms with Crippen molar-refractivity contribution in [2.75, 3.05) is 7.11 Å². The van der Waals surface area contributed by atoms with Crippen molar-refractivity contribution in [2.24, 2.45) is 0 Å². The van der Waals surface area contributed by atoms with Gasteiger partial charge in [0, 0.05) is 5.56 Å². The molecule has 0 amide bonds. The molecule has 2 aromatic carbocycles. The summed E-state index contributed by atoms with van der Waals surface area (Å²) in [6, 6.07) is 11.3. The number of halogens is 3. The normalized spacial score (nSPS) is 10.6. The van der Waals surface area contributed by atoms with Crippen molar-refractivity contribution in [3.8, 4) is 16.9 Å². The highest BCUT2D eigenvalue weighted by Gasteiger charge is 2.18. The summed E-state index contributed by atoms with van der Waals surface area (Å²) in [5.74, 6) is -1.38. The van der Waals surface area contributed by atoms with Crippen molar-refractivity contribution in [1.82, 2.24) is 9.78 Å². The van der Waals surface area contributed by atoms with Gasteiger partial charge in [-0.15, -0.1) is 0 Å². The molecule has 8 heteroatoms. The number of methoxy groups -OCH3 is 1. The molecule has 0 saturated heterocycles. The van der Waals surface area contributed by atoms with Gasteiger partial charge in [-0.2, -0.15) is 9.78 Å². The van der Waals surface area contributed by atoms with Gasteiger partial charge in [-0.05, 0) is 36.4 Å². The predicted molar refractivity (Wildman–Crippen MR) is 96.6 cm³/mol. The van der Waals surface area contributed by atoms with Gasteiger partial charge in [0.15, 0.2) is 0 Å². The van der Waals surface area contributed by atoms with Gasteiger partial charge < -0.3 is 4.74 Å². The van der Waals surface area contributed by atoms with Gasteiger partial charge in [-0.3, -0.25) is 4.79 Å². The molecule has 0 fully saturated rings. The number of hydrogen-bond acceptors (Lipinski definition) is 4. The fraction of sp³-hybridized carbons (Fsp3) is 0.0556. The maximum atomic E-state index is 13.6. The molecule has 1 aromatic heterocycles. The van der Waals surface area contributed by atoms with Gasteiger partial charge in [0.2, 0.25) is 0 Å². The second kappa shape index (κ2) is 7.27. The van der Waals surface area contributed by atoms with Gasteiger partial charge >= 0.3 is 5.97 Å². The van der Waals surface area contributed by atoms with E-state index in [1.54, 1.807) is 18.2 Å². The Morgan fingerprint density at radius 2 is 1.88 bits per heavy atom. The van der Waals surface area contributed by atoms with Gasteiger partial charge in [-0.25, -0.2) is 9.18 Å². The lowest BCUT2D eigenvalue weighted by Crippen LogP contribution is -2.28. The summed E-state index contributed by atoms with van der Waals surface area (Å²) in [7, 11) is 1.16. The molecule has 1 heterocycles. The van der Waals surface area contributed by atoms with Crippen LogP contribution in [0.2, 0.25) is 10.0 Å². The van der Waals surface area contributed by atoms with Crippen LogP contribution in [0.15, 0.2) is 53.3 Å². The zero-order valence-electron chi connectivity index (χ0n) is 13.4. The molecule has 132 valence electrons. The van der Waals surface area contributed by atoms with Crippen LogP contribution in [0.5, 0.6) is 0 Å². The molecular formula is C18H11Cl2FN2O3. The first-order chi connectivity index (χ1) is 12.4. The Morgan fingerprint density at radius 3 is 2.54 bits per heavy atom. The first-order valence-corrected chi connectivity index (χ1v) is 8.10. The summed E-state index contributed by atoms with van der Waals surface area (Å²) in [4.78, 5) is 24.6. The third-order valence-corrected chi connectivity index (χ3v) is 4.32. The fourth-order valence-electron chi connectivity index (χ4n) is 2.33. The van der Waals surface area contributed by atoms with Crippen LogP contribution in [0.3, 0.4) is 0 Å². The summed E-state index contributed by atoms with van der Waals surface area (Å²) in [5.41, 5.74) is -0.0105. The minimum absolute atomic E-state index is 0.169. The zero-order chi connectivity index (χ0) is 18.8. The Labute approximate surface area is 157 Å². The summed E-state index contributed by atoms with van der Waals surface area (Å²) in [5, 5.41) is 4.87. The van der Waals surface area contributed by atoms with Crippen molar-refractivity contribution in [3.05, 3.63) is 80.3 Å². The van der Waals surface area contributed by atoms with Crippen molar-refractivity contribution in [2.45, 2.75) is 0 Å². The van der Waals surface area contributed by atoms with E-state index in [0.29, 0.717) is 10.6 Å². The Bertz CT molecular complexity index is 1070. The summed E-state index contributed by atoms with van der Waals surface area (Å²) in [6.45, 7) is 0. The summed E-state index contributed by atoms with van der Waals surface area (Å²) >= 11 is 12.0. The van der Waals surface area contributed by atoms with Gasteiger partial charge in [0.25, 0.3) is 5.56 Å². The molecule has 3 aromatic rings. The molecule has 0 bridgehead atoms. The van der Waals surface area contributed by atoms with Crippen LogP contribution in [0.1, 0.15) is 10.4 Å². The number of benzene rings is 2. The zero-order valence-corrected chi connectivity index (χ0v) is 14.9.